The minimum atomic E-state index is 0.896. The smallest absolute Gasteiger partial charge is 0.128 e. The second kappa shape index (κ2) is 4.80. The zero-order valence-electron chi connectivity index (χ0n) is 10.6. The molecule has 0 amide bonds. The van der Waals surface area contributed by atoms with Crippen molar-refractivity contribution in [3.8, 4) is 5.75 Å². The number of aryl methyl sites for hydroxylation is 1. The van der Waals surface area contributed by atoms with Gasteiger partial charge in [0.1, 0.15) is 5.75 Å². The van der Waals surface area contributed by atoms with Crippen molar-refractivity contribution in [1.29, 1.82) is 0 Å². The van der Waals surface area contributed by atoms with E-state index < -0.39 is 0 Å². The maximum absolute atomic E-state index is 5.55. The average molecular weight is 380 g/mol. The molecule has 0 aromatic heterocycles. The van der Waals surface area contributed by atoms with E-state index in [0.29, 0.717) is 0 Å². The van der Waals surface area contributed by atoms with Crippen LogP contribution in [0.3, 0.4) is 0 Å². The predicted molar refractivity (Wildman–Crippen MR) is 88.1 cm³/mol. The van der Waals surface area contributed by atoms with E-state index in [1.165, 1.54) is 21.7 Å². The van der Waals surface area contributed by atoms with E-state index in [-0.39, 0.29) is 0 Å². The lowest BCUT2D eigenvalue weighted by atomic mass is 9.99. The fourth-order valence-corrected chi connectivity index (χ4v) is 3.65. The molecule has 1 nitrogen and oxygen atoms in total. The summed E-state index contributed by atoms with van der Waals surface area (Å²) in [7, 11) is 1.71. The summed E-state index contributed by atoms with van der Waals surface area (Å²) >= 11 is 7.17. The molecule has 96 valence electrons. The summed E-state index contributed by atoms with van der Waals surface area (Å²) in [5.74, 6) is 0.896. The van der Waals surface area contributed by atoms with Gasteiger partial charge in [-0.15, -0.1) is 0 Å². The summed E-state index contributed by atoms with van der Waals surface area (Å²) in [5.41, 5.74) is 1.23. The van der Waals surface area contributed by atoms with Crippen LogP contribution in [0.2, 0.25) is 0 Å². The molecule has 0 N–H and O–H groups in total. The third-order valence-corrected chi connectivity index (χ3v) is 4.40. The minimum Gasteiger partial charge on any atom is -0.496 e. The van der Waals surface area contributed by atoms with Gasteiger partial charge in [0.05, 0.1) is 7.11 Å². The Labute approximate surface area is 128 Å². The Morgan fingerprint density at radius 1 is 0.947 bits per heavy atom. The lowest BCUT2D eigenvalue weighted by Crippen LogP contribution is -1.88. The topological polar surface area (TPSA) is 9.23 Å². The quantitative estimate of drug-likeness (QED) is 0.483. The molecule has 3 aromatic rings. The van der Waals surface area contributed by atoms with Crippen LogP contribution in [0.4, 0.5) is 0 Å². The highest BCUT2D eigenvalue weighted by Crippen LogP contribution is 2.38. The number of ether oxygens (including phenoxy) is 1. The summed E-state index contributed by atoms with van der Waals surface area (Å²) in [6.45, 7) is 2.11. The number of benzene rings is 3. The van der Waals surface area contributed by atoms with E-state index in [1.54, 1.807) is 7.11 Å². The van der Waals surface area contributed by atoms with Crippen LogP contribution in [0, 0.1) is 6.92 Å². The zero-order valence-corrected chi connectivity index (χ0v) is 13.8. The van der Waals surface area contributed by atoms with Crippen LogP contribution in [-0.4, -0.2) is 7.11 Å². The first-order chi connectivity index (χ1) is 9.10. The van der Waals surface area contributed by atoms with Crippen molar-refractivity contribution in [2.75, 3.05) is 7.11 Å². The number of hydrogen-bond donors (Lipinski definition) is 0. The van der Waals surface area contributed by atoms with Crippen molar-refractivity contribution >= 4 is 53.4 Å². The lowest BCUT2D eigenvalue weighted by molar-refractivity contribution is 0.420. The number of fused-ring (bicyclic) bond motifs is 3. The summed E-state index contributed by atoms with van der Waals surface area (Å²) in [6, 6.07) is 12.8. The Bertz CT molecular complexity index is 794. The lowest BCUT2D eigenvalue weighted by Gasteiger charge is -2.11. The highest BCUT2D eigenvalue weighted by Gasteiger charge is 2.10. The molecule has 3 rings (SSSR count). The van der Waals surface area contributed by atoms with Gasteiger partial charge in [-0.3, -0.25) is 0 Å². The van der Waals surface area contributed by atoms with Crippen LogP contribution in [0.25, 0.3) is 21.5 Å². The molecule has 19 heavy (non-hydrogen) atoms. The molecule has 0 unspecified atom stereocenters. The van der Waals surface area contributed by atoms with Gasteiger partial charge < -0.3 is 4.74 Å². The molecule has 0 saturated heterocycles. The fraction of sp³-hybridized carbons (Fsp3) is 0.125. The van der Waals surface area contributed by atoms with Gasteiger partial charge in [-0.1, -0.05) is 50.1 Å². The molecule has 3 aromatic carbocycles. The average Bonchev–Trinajstić information content (AvgIpc) is 2.36. The van der Waals surface area contributed by atoms with E-state index in [2.05, 4.69) is 69.1 Å². The number of rotatable bonds is 1. The van der Waals surface area contributed by atoms with Crippen LogP contribution in [0.1, 0.15) is 5.56 Å². The Morgan fingerprint density at radius 3 is 2.47 bits per heavy atom. The van der Waals surface area contributed by atoms with Crippen LogP contribution in [-0.2, 0) is 0 Å². The molecule has 0 spiro atoms. The Balaban J connectivity index is 2.58. The molecule has 0 aliphatic rings. The predicted octanol–water partition coefficient (Wildman–Crippen LogP) is 5.84. The van der Waals surface area contributed by atoms with Gasteiger partial charge in [-0.2, -0.15) is 0 Å². The first-order valence-corrected chi connectivity index (χ1v) is 7.55. The van der Waals surface area contributed by atoms with Crippen molar-refractivity contribution in [3.63, 3.8) is 0 Å². The standard InChI is InChI=1S/C16H12Br2O/c1-9-5-13-12(14(18)6-9)4-3-10-7-11(17)8-15(19-2)16(10)13/h3-8H,1-2H3. The molecule has 0 heterocycles. The molecule has 0 aliphatic carbocycles. The Morgan fingerprint density at radius 2 is 1.74 bits per heavy atom. The molecule has 0 radical (unpaired) electrons. The highest BCUT2D eigenvalue weighted by molar-refractivity contribution is 9.11. The van der Waals surface area contributed by atoms with Crippen LogP contribution in [0.5, 0.6) is 5.75 Å². The molecule has 0 atom stereocenters. The van der Waals surface area contributed by atoms with Gasteiger partial charge in [-0.25, -0.2) is 0 Å². The van der Waals surface area contributed by atoms with Gasteiger partial charge in [0.25, 0.3) is 0 Å². The minimum absolute atomic E-state index is 0.896. The van der Waals surface area contributed by atoms with Crippen LogP contribution >= 0.6 is 31.9 Å². The van der Waals surface area contributed by atoms with E-state index in [4.69, 9.17) is 4.74 Å². The third kappa shape index (κ3) is 2.15. The molecule has 3 heteroatoms. The summed E-state index contributed by atoms with van der Waals surface area (Å²) in [6.07, 6.45) is 0. The number of methoxy groups -OCH3 is 1. The SMILES string of the molecule is COc1cc(Br)cc2ccc3c(Br)cc(C)cc3c12. The monoisotopic (exact) mass is 378 g/mol. The molecule has 0 bridgehead atoms. The van der Waals surface area contributed by atoms with Gasteiger partial charge in [0.15, 0.2) is 0 Å². The van der Waals surface area contributed by atoms with E-state index in [1.807, 2.05) is 6.07 Å². The van der Waals surface area contributed by atoms with Crippen molar-refractivity contribution in [1.82, 2.24) is 0 Å². The van der Waals surface area contributed by atoms with Gasteiger partial charge in [-0.05, 0) is 46.8 Å². The maximum Gasteiger partial charge on any atom is 0.128 e. The largest absolute Gasteiger partial charge is 0.496 e. The van der Waals surface area contributed by atoms with Crippen LogP contribution in [0.15, 0.2) is 45.3 Å². The second-order valence-corrected chi connectivity index (χ2v) is 6.38. The Hall–Kier alpha value is -1.06. The van der Waals surface area contributed by atoms with E-state index in [0.717, 1.165) is 20.1 Å². The van der Waals surface area contributed by atoms with Crippen molar-refractivity contribution in [3.05, 3.63) is 50.9 Å². The second-order valence-electron chi connectivity index (χ2n) is 4.61. The van der Waals surface area contributed by atoms with Crippen molar-refractivity contribution in [2.24, 2.45) is 0 Å². The zero-order chi connectivity index (χ0) is 13.6. The van der Waals surface area contributed by atoms with E-state index >= 15 is 0 Å². The molecular formula is C16H12Br2O. The van der Waals surface area contributed by atoms with Gasteiger partial charge in [0.2, 0.25) is 0 Å². The molecular weight excluding hydrogens is 368 g/mol. The first-order valence-electron chi connectivity index (χ1n) is 5.96. The van der Waals surface area contributed by atoms with Crippen molar-refractivity contribution < 1.29 is 4.74 Å². The number of halogens is 2. The number of hydrogen-bond acceptors (Lipinski definition) is 1. The van der Waals surface area contributed by atoms with Gasteiger partial charge in [0, 0.05) is 14.3 Å². The van der Waals surface area contributed by atoms with E-state index in [9.17, 15) is 0 Å². The van der Waals surface area contributed by atoms with Crippen molar-refractivity contribution in [2.45, 2.75) is 6.92 Å². The normalized spacial score (nSPS) is 11.2. The summed E-state index contributed by atoms with van der Waals surface area (Å²) < 4.78 is 7.70. The Kier molecular flexibility index (Phi) is 3.27. The molecule has 0 saturated carbocycles. The molecule has 0 fully saturated rings. The summed E-state index contributed by atoms with van der Waals surface area (Å²) in [4.78, 5) is 0. The van der Waals surface area contributed by atoms with Crippen LogP contribution < -0.4 is 4.74 Å². The fourth-order valence-electron chi connectivity index (χ4n) is 2.49. The third-order valence-electron chi connectivity index (χ3n) is 3.29. The van der Waals surface area contributed by atoms with Gasteiger partial charge >= 0.3 is 0 Å². The summed E-state index contributed by atoms with van der Waals surface area (Å²) in [5, 5.41) is 4.76. The highest BCUT2D eigenvalue weighted by atomic mass is 79.9. The first kappa shape index (κ1) is 12.9. The molecule has 0 aliphatic heterocycles. The maximum atomic E-state index is 5.55.